The number of hydrogen-bond acceptors (Lipinski definition) is 1. The standard InChI is InChI=1S/C42H26O/c1-2-13-28(14-3-1)39-32-16-6-8-18-34(32)40(35-19-9-7-17-33(35)39)37-25-24-31(30-23-22-27-12-4-5-15-29(27)26-30)42-41(37)36-20-10-11-21-38(36)43-42/h1-26H. The molecule has 0 atom stereocenters. The fourth-order valence-electron chi connectivity index (χ4n) is 6.96. The van der Waals surface area contributed by atoms with E-state index in [-0.39, 0.29) is 0 Å². The molecular weight excluding hydrogens is 520 g/mol. The number of rotatable bonds is 3. The van der Waals surface area contributed by atoms with Gasteiger partial charge in [-0.25, -0.2) is 0 Å². The molecule has 0 unspecified atom stereocenters. The number of para-hydroxylation sites is 1. The lowest BCUT2D eigenvalue weighted by Gasteiger charge is -2.18. The van der Waals surface area contributed by atoms with Gasteiger partial charge in [-0.05, 0) is 78.3 Å². The lowest BCUT2D eigenvalue weighted by atomic mass is 9.84. The molecule has 0 amide bonds. The zero-order valence-corrected chi connectivity index (χ0v) is 23.4. The normalized spacial score (nSPS) is 11.7. The van der Waals surface area contributed by atoms with E-state index in [2.05, 4.69) is 158 Å². The molecule has 8 aromatic carbocycles. The predicted molar refractivity (Wildman–Crippen MR) is 183 cm³/mol. The van der Waals surface area contributed by atoms with Gasteiger partial charge in [0.25, 0.3) is 0 Å². The Kier molecular flexibility index (Phi) is 5.27. The monoisotopic (exact) mass is 546 g/mol. The maximum atomic E-state index is 6.73. The molecule has 200 valence electrons. The van der Waals surface area contributed by atoms with E-state index >= 15 is 0 Å². The van der Waals surface area contributed by atoms with Crippen LogP contribution in [-0.4, -0.2) is 0 Å². The highest BCUT2D eigenvalue weighted by molar-refractivity contribution is 6.26. The van der Waals surface area contributed by atoms with Crippen LogP contribution < -0.4 is 0 Å². The van der Waals surface area contributed by atoms with E-state index in [4.69, 9.17) is 4.42 Å². The van der Waals surface area contributed by atoms with Crippen LogP contribution in [-0.2, 0) is 0 Å². The van der Waals surface area contributed by atoms with Crippen LogP contribution in [0.15, 0.2) is 162 Å². The Bertz CT molecular complexity index is 2440. The van der Waals surface area contributed by atoms with Crippen molar-refractivity contribution >= 4 is 54.3 Å². The molecule has 43 heavy (non-hydrogen) atoms. The average molecular weight is 547 g/mol. The Labute approximate surface area is 249 Å². The topological polar surface area (TPSA) is 13.1 Å². The quantitative estimate of drug-likeness (QED) is 0.201. The molecule has 0 saturated heterocycles. The van der Waals surface area contributed by atoms with Crippen molar-refractivity contribution in [1.29, 1.82) is 0 Å². The Balaban J connectivity index is 1.42. The maximum absolute atomic E-state index is 6.73. The Morgan fingerprint density at radius 1 is 0.349 bits per heavy atom. The summed E-state index contributed by atoms with van der Waals surface area (Å²) in [6.45, 7) is 0. The number of hydrogen-bond donors (Lipinski definition) is 0. The molecule has 1 heterocycles. The molecule has 0 radical (unpaired) electrons. The van der Waals surface area contributed by atoms with E-state index in [1.54, 1.807) is 0 Å². The van der Waals surface area contributed by atoms with Crippen molar-refractivity contribution in [2.75, 3.05) is 0 Å². The van der Waals surface area contributed by atoms with E-state index in [0.29, 0.717) is 0 Å². The second-order valence-electron chi connectivity index (χ2n) is 11.2. The summed E-state index contributed by atoms with van der Waals surface area (Å²) in [4.78, 5) is 0. The van der Waals surface area contributed by atoms with Gasteiger partial charge in [-0.3, -0.25) is 0 Å². The van der Waals surface area contributed by atoms with E-state index in [9.17, 15) is 0 Å². The van der Waals surface area contributed by atoms with Gasteiger partial charge in [-0.15, -0.1) is 0 Å². The van der Waals surface area contributed by atoms with E-state index in [0.717, 1.165) is 33.1 Å². The van der Waals surface area contributed by atoms with Gasteiger partial charge in [-0.1, -0.05) is 140 Å². The summed E-state index contributed by atoms with van der Waals surface area (Å²) in [5.74, 6) is 0. The van der Waals surface area contributed by atoms with Gasteiger partial charge in [0.05, 0.1) is 0 Å². The van der Waals surface area contributed by atoms with Crippen molar-refractivity contribution in [3.05, 3.63) is 158 Å². The van der Waals surface area contributed by atoms with E-state index in [1.807, 2.05) is 0 Å². The largest absolute Gasteiger partial charge is 0.455 e. The highest BCUT2D eigenvalue weighted by Crippen LogP contribution is 2.48. The van der Waals surface area contributed by atoms with E-state index < -0.39 is 0 Å². The van der Waals surface area contributed by atoms with Crippen molar-refractivity contribution in [1.82, 2.24) is 0 Å². The molecule has 1 heteroatoms. The first-order chi connectivity index (χ1) is 21.3. The SMILES string of the molecule is c1ccc(-c2c3ccccc3c(-c3ccc(-c4ccc5ccccc5c4)c4oc5ccccc5c34)c3ccccc23)cc1. The minimum Gasteiger partial charge on any atom is -0.455 e. The molecule has 0 saturated carbocycles. The molecule has 9 rings (SSSR count). The predicted octanol–water partition coefficient (Wildman–Crippen LogP) is 12.0. The maximum Gasteiger partial charge on any atom is 0.143 e. The molecule has 0 bridgehead atoms. The molecule has 9 aromatic rings. The molecular formula is C42H26O. The Morgan fingerprint density at radius 2 is 0.907 bits per heavy atom. The zero-order chi connectivity index (χ0) is 28.3. The lowest BCUT2D eigenvalue weighted by Crippen LogP contribution is -1.91. The second-order valence-corrected chi connectivity index (χ2v) is 11.2. The first-order valence-corrected chi connectivity index (χ1v) is 14.8. The van der Waals surface area contributed by atoms with Gasteiger partial charge in [0.2, 0.25) is 0 Å². The molecule has 0 aliphatic heterocycles. The summed E-state index contributed by atoms with van der Waals surface area (Å²) < 4.78 is 6.73. The van der Waals surface area contributed by atoms with Crippen LogP contribution in [0, 0.1) is 0 Å². The third-order valence-corrected chi connectivity index (χ3v) is 8.85. The zero-order valence-electron chi connectivity index (χ0n) is 23.4. The van der Waals surface area contributed by atoms with E-state index in [1.165, 1.54) is 54.6 Å². The van der Waals surface area contributed by atoms with Gasteiger partial charge in [0.1, 0.15) is 11.2 Å². The van der Waals surface area contributed by atoms with Crippen LogP contribution in [0.1, 0.15) is 0 Å². The summed E-state index contributed by atoms with van der Waals surface area (Å²) in [6, 6.07) is 56.7. The molecule has 0 aliphatic carbocycles. The molecule has 0 spiro atoms. The molecule has 1 nitrogen and oxygen atoms in total. The number of benzene rings is 8. The van der Waals surface area contributed by atoms with Gasteiger partial charge < -0.3 is 4.42 Å². The summed E-state index contributed by atoms with van der Waals surface area (Å²) in [7, 11) is 0. The fraction of sp³-hybridized carbons (Fsp3) is 0. The minimum atomic E-state index is 0.904. The van der Waals surface area contributed by atoms with Gasteiger partial charge >= 0.3 is 0 Å². The fourth-order valence-corrected chi connectivity index (χ4v) is 6.96. The van der Waals surface area contributed by atoms with Crippen LogP contribution in [0.5, 0.6) is 0 Å². The van der Waals surface area contributed by atoms with Gasteiger partial charge in [0, 0.05) is 16.3 Å². The molecule has 0 aliphatic rings. The highest BCUT2D eigenvalue weighted by atomic mass is 16.3. The van der Waals surface area contributed by atoms with Gasteiger partial charge in [0.15, 0.2) is 0 Å². The summed E-state index contributed by atoms with van der Waals surface area (Å²) >= 11 is 0. The Morgan fingerprint density at radius 3 is 1.63 bits per heavy atom. The van der Waals surface area contributed by atoms with Gasteiger partial charge in [-0.2, -0.15) is 0 Å². The Hall–Kier alpha value is -5.66. The van der Waals surface area contributed by atoms with Crippen molar-refractivity contribution < 1.29 is 4.42 Å². The summed E-state index contributed by atoms with van der Waals surface area (Å²) in [5, 5.41) is 9.74. The number of fused-ring (bicyclic) bond motifs is 6. The molecule has 0 N–H and O–H groups in total. The van der Waals surface area contributed by atoms with Crippen molar-refractivity contribution in [2.45, 2.75) is 0 Å². The summed E-state index contributed by atoms with van der Waals surface area (Å²) in [5.41, 5.74) is 9.03. The minimum absolute atomic E-state index is 0.904. The first kappa shape index (κ1) is 24.0. The van der Waals surface area contributed by atoms with Crippen LogP contribution in [0.25, 0.3) is 87.6 Å². The summed E-state index contributed by atoms with van der Waals surface area (Å²) in [6.07, 6.45) is 0. The lowest BCUT2D eigenvalue weighted by molar-refractivity contribution is 0.670. The van der Waals surface area contributed by atoms with Crippen molar-refractivity contribution in [3.8, 4) is 33.4 Å². The number of furan rings is 1. The highest BCUT2D eigenvalue weighted by Gasteiger charge is 2.22. The van der Waals surface area contributed by atoms with Crippen LogP contribution in [0.3, 0.4) is 0 Å². The van der Waals surface area contributed by atoms with Crippen LogP contribution in [0.4, 0.5) is 0 Å². The van der Waals surface area contributed by atoms with Crippen molar-refractivity contribution in [3.63, 3.8) is 0 Å². The third-order valence-electron chi connectivity index (χ3n) is 8.85. The third kappa shape index (κ3) is 3.65. The average Bonchev–Trinajstić information content (AvgIpc) is 3.47. The van der Waals surface area contributed by atoms with Crippen LogP contribution >= 0.6 is 0 Å². The smallest absolute Gasteiger partial charge is 0.143 e. The van der Waals surface area contributed by atoms with Crippen LogP contribution in [0.2, 0.25) is 0 Å². The molecule has 1 aromatic heterocycles. The molecule has 0 fully saturated rings. The first-order valence-electron chi connectivity index (χ1n) is 14.8. The van der Waals surface area contributed by atoms with Crippen molar-refractivity contribution in [2.24, 2.45) is 0 Å². The second kappa shape index (κ2) is 9.44.